The molecule has 1 aliphatic rings. The third-order valence-electron chi connectivity index (χ3n) is 2.06. The molecule has 0 bridgehead atoms. The van der Waals surface area contributed by atoms with Gasteiger partial charge in [0.05, 0.1) is 5.75 Å². The maximum atomic E-state index is 10.6. The van der Waals surface area contributed by atoms with Gasteiger partial charge in [-0.15, -0.1) is 0 Å². The largest absolute Gasteiger partial charge is 0.303 e. The highest BCUT2D eigenvalue weighted by Gasteiger charge is 2.12. The van der Waals surface area contributed by atoms with Crippen molar-refractivity contribution in [3.8, 4) is 0 Å². The summed E-state index contributed by atoms with van der Waals surface area (Å²) in [7, 11) is 1.80. The molecule has 0 atom stereocenters. The van der Waals surface area contributed by atoms with E-state index in [4.69, 9.17) is 10.7 Å². The first-order valence-electron chi connectivity index (χ1n) is 4.22. The zero-order valence-corrected chi connectivity index (χ0v) is 8.57. The average Bonchev–Trinajstić information content (AvgIpc) is 2.36. The summed E-state index contributed by atoms with van der Waals surface area (Å²) in [5, 5.41) is 0. The van der Waals surface area contributed by atoms with Crippen LogP contribution in [0.1, 0.15) is 19.3 Å². The summed E-state index contributed by atoms with van der Waals surface area (Å²) in [6, 6.07) is 0. The fourth-order valence-corrected chi connectivity index (χ4v) is 2.27. The second kappa shape index (κ2) is 4.44. The van der Waals surface area contributed by atoms with E-state index in [2.05, 4.69) is 4.90 Å². The van der Waals surface area contributed by atoms with Gasteiger partial charge >= 0.3 is 0 Å². The topological polar surface area (TPSA) is 37.4 Å². The third kappa shape index (κ3) is 4.28. The Hall–Kier alpha value is 0.200. The molecule has 3 nitrogen and oxygen atoms in total. The van der Waals surface area contributed by atoms with Crippen molar-refractivity contribution >= 4 is 19.7 Å². The van der Waals surface area contributed by atoms with Gasteiger partial charge in [0, 0.05) is 10.7 Å². The van der Waals surface area contributed by atoms with Crippen molar-refractivity contribution < 1.29 is 8.42 Å². The molecule has 0 amide bonds. The minimum absolute atomic E-state index is 0.102. The van der Waals surface area contributed by atoms with Crippen LogP contribution in [0.2, 0.25) is 0 Å². The van der Waals surface area contributed by atoms with Gasteiger partial charge in [0.25, 0.3) is 0 Å². The Kier molecular flexibility index (Phi) is 3.80. The van der Waals surface area contributed by atoms with Gasteiger partial charge in [-0.1, -0.05) is 0 Å². The third-order valence-corrected chi connectivity index (χ3v) is 3.30. The zero-order valence-electron chi connectivity index (χ0n) is 7.00. The van der Waals surface area contributed by atoms with E-state index < -0.39 is 9.05 Å². The van der Waals surface area contributed by atoms with Crippen LogP contribution in [0.15, 0.2) is 0 Å². The van der Waals surface area contributed by atoms with Gasteiger partial charge in [-0.25, -0.2) is 8.42 Å². The zero-order chi connectivity index (χ0) is 9.03. The van der Waals surface area contributed by atoms with Crippen LogP contribution in [-0.4, -0.2) is 38.7 Å². The van der Waals surface area contributed by atoms with Crippen molar-refractivity contribution in [1.29, 1.82) is 0 Å². The molecule has 1 aliphatic heterocycles. The Morgan fingerprint density at radius 3 is 2.33 bits per heavy atom. The second-order valence-electron chi connectivity index (χ2n) is 3.15. The number of likely N-dealkylation sites (tertiary alicyclic amines) is 1. The quantitative estimate of drug-likeness (QED) is 0.653. The van der Waals surface area contributed by atoms with Crippen molar-refractivity contribution in [3.05, 3.63) is 0 Å². The summed E-state index contributed by atoms with van der Waals surface area (Å²) in [5.74, 6) is 0.102. The molecule has 1 saturated heterocycles. The molecule has 0 aliphatic carbocycles. The first-order chi connectivity index (χ1) is 5.58. The fourth-order valence-electron chi connectivity index (χ4n) is 1.47. The Labute approximate surface area is 78.1 Å². The standard InChI is InChI=1S/C7H14ClNO2S/c8-12(10,11)7-3-6-9-4-1-2-5-9/h1-7H2. The molecular formula is C7H14ClNO2S. The lowest BCUT2D eigenvalue weighted by molar-refractivity contribution is 0.340. The summed E-state index contributed by atoms with van der Waals surface area (Å²) in [5.41, 5.74) is 0. The normalized spacial score (nSPS) is 20.1. The van der Waals surface area contributed by atoms with Crippen molar-refractivity contribution in [2.24, 2.45) is 0 Å². The lowest BCUT2D eigenvalue weighted by Gasteiger charge is -2.12. The van der Waals surface area contributed by atoms with Crippen LogP contribution in [0.3, 0.4) is 0 Å². The summed E-state index contributed by atoms with van der Waals surface area (Å²) < 4.78 is 21.1. The van der Waals surface area contributed by atoms with E-state index in [0.29, 0.717) is 6.42 Å². The van der Waals surface area contributed by atoms with E-state index >= 15 is 0 Å². The molecule has 12 heavy (non-hydrogen) atoms. The van der Waals surface area contributed by atoms with E-state index in [1.807, 2.05) is 0 Å². The predicted molar refractivity (Wildman–Crippen MR) is 49.9 cm³/mol. The van der Waals surface area contributed by atoms with Crippen LogP contribution in [0.25, 0.3) is 0 Å². The molecule has 0 aromatic heterocycles. The van der Waals surface area contributed by atoms with E-state index in [0.717, 1.165) is 19.6 Å². The molecule has 1 heterocycles. The summed E-state index contributed by atoms with van der Waals surface area (Å²) >= 11 is 0. The first kappa shape index (κ1) is 10.3. The van der Waals surface area contributed by atoms with E-state index in [1.54, 1.807) is 0 Å². The number of hydrogen-bond donors (Lipinski definition) is 0. The van der Waals surface area contributed by atoms with E-state index in [1.165, 1.54) is 12.8 Å². The molecule has 72 valence electrons. The highest BCUT2D eigenvalue weighted by atomic mass is 35.7. The van der Waals surface area contributed by atoms with Gasteiger partial charge in [-0.05, 0) is 38.9 Å². The number of nitrogens with zero attached hydrogens (tertiary/aromatic N) is 1. The molecule has 0 saturated carbocycles. The fraction of sp³-hybridized carbons (Fsp3) is 1.00. The van der Waals surface area contributed by atoms with Crippen LogP contribution in [0, 0.1) is 0 Å². The Morgan fingerprint density at radius 2 is 1.83 bits per heavy atom. The molecule has 1 fully saturated rings. The summed E-state index contributed by atoms with van der Waals surface area (Å²) in [6.45, 7) is 3.09. The second-order valence-corrected chi connectivity index (χ2v) is 6.04. The Morgan fingerprint density at radius 1 is 1.25 bits per heavy atom. The lowest BCUT2D eigenvalue weighted by atomic mass is 10.4. The van der Waals surface area contributed by atoms with Crippen LogP contribution in [0.4, 0.5) is 0 Å². The average molecular weight is 212 g/mol. The van der Waals surface area contributed by atoms with E-state index in [-0.39, 0.29) is 5.75 Å². The SMILES string of the molecule is O=S(=O)(Cl)CCCN1CCCC1. The van der Waals surface area contributed by atoms with Gasteiger partial charge in [-0.2, -0.15) is 0 Å². The van der Waals surface area contributed by atoms with Crippen LogP contribution < -0.4 is 0 Å². The van der Waals surface area contributed by atoms with Gasteiger partial charge in [-0.3, -0.25) is 0 Å². The smallest absolute Gasteiger partial charge is 0.232 e. The first-order valence-corrected chi connectivity index (χ1v) is 6.70. The molecule has 0 aromatic carbocycles. The monoisotopic (exact) mass is 211 g/mol. The van der Waals surface area contributed by atoms with Crippen molar-refractivity contribution in [3.63, 3.8) is 0 Å². The minimum atomic E-state index is -3.27. The maximum absolute atomic E-state index is 10.6. The van der Waals surface area contributed by atoms with Crippen LogP contribution in [0.5, 0.6) is 0 Å². The number of halogens is 1. The molecule has 0 aromatic rings. The highest BCUT2D eigenvalue weighted by Crippen LogP contribution is 2.08. The predicted octanol–water partition coefficient (Wildman–Crippen LogP) is 1.04. The molecule has 1 rings (SSSR count). The molecule has 0 radical (unpaired) electrons. The van der Waals surface area contributed by atoms with Gasteiger partial charge in [0.2, 0.25) is 9.05 Å². The van der Waals surface area contributed by atoms with Crippen molar-refractivity contribution in [2.75, 3.05) is 25.4 Å². The van der Waals surface area contributed by atoms with Crippen LogP contribution >= 0.6 is 10.7 Å². The lowest BCUT2D eigenvalue weighted by Crippen LogP contribution is -2.21. The van der Waals surface area contributed by atoms with Crippen molar-refractivity contribution in [1.82, 2.24) is 4.90 Å². The van der Waals surface area contributed by atoms with Crippen LogP contribution in [-0.2, 0) is 9.05 Å². The maximum Gasteiger partial charge on any atom is 0.232 e. The summed E-state index contributed by atoms with van der Waals surface area (Å²) in [6.07, 6.45) is 3.15. The Bertz CT molecular complexity index is 222. The Balaban J connectivity index is 2.09. The molecule has 0 spiro atoms. The van der Waals surface area contributed by atoms with Gasteiger partial charge in [0.15, 0.2) is 0 Å². The van der Waals surface area contributed by atoms with E-state index in [9.17, 15) is 8.42 Å². The van der Waals surface area contributed by atoms with Gasteiger partial charge in [0.1, 0.15) is 0 Å². The molecule has 5 heteroatoms. The molecular weight excluding hydrogens is 198 g/mol. The number of rotatable bonds is 4. The highest BCUT2D eigenvalue weighted by molar-refractivity contribution is 8.13. The van der Waals surface area contributed by atoms with Crippen molar-refractivity contribution in [2.45, 2.75) is 19.3 Å². The molecule has 0 N–H and O–H groups in total. The summed E-state index contributed by atoms with van der Waals surface area (Å²) in [4.78, 5) is 2.28. The number of hydrogen-bond acceptors (Lipinski definition) is 3. The minimum Gasteiger partial charge on any atom is -0.303 e. The van der Waals surface area contributed by atoms with Gasteiger partial charge < -0.3 is 4.90 Å². The molecule has 0 unspecified atom stereocenters.